The molecule has 0 aliphatic carbocycles. The first-order chi connectivity index (χ1) is 8.63. The first-order valence-corrected chi connectivity index (χ1v) is 6.93. The molecule has 0 bridgehead atoms. The summed E-state index contributed by atoms with van der Waals surface area (Å²) in [7, 11) is 0. The zero-order valence-corrected chi connectivity index (χ0v) is 11.7. The predicted molar refractivity (Wildman–Crippen MR) is 74.9 cm³/mol. The highest BCUT2D eigenvalue weighted by atomic mass is 35.5. The second-order valence-corrected chi connectivity index (χ2v) is 5.35. The van der Waals surface area contributed by atoms with Crippen molar-refractivity contribution in [2.75, 3.05) is 24.5 Å². The van der Waals surface area contributed by atoms with Crippen LogP contribution in [0.3, 0.4) is 0 Å². The largest absolute Gasteiger partial charge is 0.368 e. The summed E-state index contributed by atoms with van der Waals surface area (Å²) in [6, 6.07) is 5.40. The number of piperidine rings is 1. The van der Waals surface area contributed by atoms with Crippen LogP contribution in [-0.4, -0.2) is 25.7 Å². The maximum Gasteiger partial charge on any atom is 0.148 e. The van der Waals surface area contributed by atoms with Crippen molar-refractivity contribution in [2.45, 2.75) is 26.3 Å². The molecule has 1 heterocycles. The first-order valence-electron chi connectivity index (χ1n) is 6.55. The van der Waals surface area contributed by atoms with Crippen molar-refractivity contribution in [2.24, 2.45) is 5.92 Å². The lowest BCUT2D eigenvalue weighted by Crippen LogP contribution is -2.48. The van der Waals surface area contributed by atoms with Crippen LogP contribution >= 0.6 is 11.6 Å². The average molecular weight is 271 g/mol. The van der Waals surface area contributed by atoms with Gasteiger partial charge in [-0.3, -0.25) is 0 Å². The van der Waals surface area contributed by atoms with Gasteiger partial charge in [-0.25, -0.2) is 4.39 Å². The van der Waals surface area contributed by atoms with Gasteiger partial charge in [0.1, 0.15) is 5.82 Å². The Morgan fingerprint density at radius 1 is 1.50 bits per heavy atom. The maximum atomic E-state index is 13.9. The summed E-state index contributed by atoms with van der Waals surface area (Å²) in [6.07, 6.45) is 1.03. The third-order valence-corrected chi connectivity index (χ3v) is 3.93. The number of rotatable bonds is 3. The van der Waals surface area contributed by atoms with E-state index in [0.717, 1.165) is 26.1 Å². The van der Waals surface area contributed by atoms with Crippen LogP contribution in [0.4, 0.5) is 10.1 Å². The average Bonchev–Trinajstić information content (AvgIpc) is 2.32. The van der Waals surface area contributed by atoms with E-state index in [0.29, 0.717) is 22.7 Å². The Hall–Kier alpha value is -0.800. The van der Waals surface area contributed by atoms with Crippen LogP contribution in [0.2, 0.25) is 5.02 Å². The van der Waals surface area contributed by atoms with Crippen LogP contribution in [0.1, 0.15) is 20.3 Å². The van der Waals surface area contributed by atoms with E-state index >= 15 is 0 Å². The van der Waals surface area contributed by atoms with E-state index < -0.39 is 0 Å². The molecule has 0 spiro atoms. The van der Waals surface area contributed by atoms with Gasteiger partial charge in [0.15, 0.2) is 0 Å². The van der Waals surface area contributed by atoms with Crippen LogP contribution in [-0.2, 0) is 0 Å². The minimum Gasteiger partial charge on any atom is -0.368 e. The molecule has 1 aliphatic rings. The molecule has 2 unspecified atom stereocenters. The van der Waals surface area contributed by atoms with Crippen LogP contribution in [0.15, 0.2) is 18.2 Å². The van der Waals surface area contributed by atoms with Gasteiger partial charge in [0, 0.05) is 19.1 Å². The maximum absolute atomic E-state index is 13.9. The number of hydrogen-bond donors (Lipinski definition) is 1. The van der Waals surface area contributed by atoms with Crippen LogP contribution in [0.5, 0.6) is 0 Å². The fraction of sp³-hybridized carbons (Fsp3) is 0.571. The molecule has 4 heteroatoms. The van der Waals surface area contributed by atoms with Gasteiger partial charge in [-0.05, 0) is 31.0 Å². The third-order valence-electron chi connectivity index (χ3n) is 3.63. The molecule has 18 heavy (non-hydrogen) atoms. The van der Waals surface area contributed by atoms with Gasteiger partial charge in [0.05, 0.1) is 10.7 Å². The van der Waals surface area contributed by atoms with Crippen molar-refractivity contribution < 1.29 is 4.39 Å². The molecule has 2 nitrogen and oxygen atoms in total. The summed E-state index contributed by atoms with van der Waals surface area (Å²) >= 11 is 6.11. The summed E-state index contributed by atoms with van der Waals surface area (Å²) in [5, 5.41) is 3.99. The first kappa shape index (κ1) is 13.6. The number of anilines is 1. The van der Waals surface area contributed by atoms with Crippen molar-refractivity contribution >= 4 is 17.3 Å². The van der Waals surface area contributed by atoms with Crippen LogP contribution in [0, 0.1) is 11.7 Å². The second kappa shape index (κ2) is 5.89. The monoisotopic (exact) mass is 270 g/mol. The summed E-state index contributed by atoms with van der Waals surface area (Å²) < 4.78 is 13.9. The van der Waals surface area contributed by atoms with Crippen LogP contribution in [0.25, 0.3) is 0 Å². The predicted octanol–water partition coefficient (Wildman–Crippen LogP) is 3.30. The molecular weight excluding hydrogens is 251 g/mol. The molecule has 0 amide bonds. The lowest BCUT2D eigenvalue weighted by molar-refractivity contribution is 0.325. The van der Waals surface area contributed by atoms with Gasteiger partial charge in [0.2, 0.25) is 0 Å². The molecular formula is C14H20ClFN2. The van der Waals surface area contributed by atoms with Gasteiger partial charge in [-0.2, -0.15) is 0 Å². The Morgan fingerprint density at radius 2 is 2.28 bits per heavy atom. The normalized spacial score (nSPS) is 24.3. The summed E-state index contributed by atoms with van der Waals surface area (Å²) in [5.41, 5.74) is 0.556. The smallest absolute Gasteiger partial charge is 0.148 e. The van der Waals surface area contributed by atoms with E-state index in [2.05, 4.69) is 24.1 Å². The van der Waals surface area contributed by atoms with E-state index in [-0.39, 0.29) is 5.82 Å². The second-order valence-electron chi connectivity index (χ2n) is 4.95. The summed E-state index contributed by atoms with van der Waals surface area (Å²) in [4.78, 5) is 2.07. The van der Waals surface area contributed by atoms with Gasteiger partial charge in [-0.1, -0.05) is 31.5 Å². The molecule has 1 fully saturated rings. The molecule has 0 aromatic heterocycles. The fourth-order valence-electron chi connectivity index (χ4n) is 2.71. The van der Waals surface area contributed by atoms with Crippen molar-refractivity contribution in [1.29, 1.82) is 0 Å². The number of para-hydroxylation sites is 1. The molecule has 1 saturated heterocycles. The highest BCUT2D eigenvalue weighted by Crippen LogP contribution is 2.32. The molecule has 0 radical (unpaired) electrons. The molecule has 100 valence electrons. The highest BCUT2D eigenvalue weighted by molar-refractivity contribution is 6.33. The number of halogens is 2. The van der Waals surface area contributed by atoms with E-state index in [1.165, 1.54) is 6.07 Å². The molecule has 1 N–H and O–H groups in total. The summed E-state index contributed by atoms with van der Waals surface area (Å²) in [5.74, 6) is 0.269. The van der Waals surface area contributed by atoms with Gasteiger partial charge < -0.3 is 10.2 Å². The van der Waals surface area contributed by atoms with Crippen LogP contribution < -0.4 is 10.2 Å². The van der Waals surface area contributed by atoms with E-state index in [9.17, 15) is 4.39 Å². The molecule has 1 aromatic carbocycles. The number of nitrogens with zero attached hydrogens (tertiary/aromatic N) is 1. The van der Waals surface area contributed by atoms with E-state index in [1.807, 2.05) is 0 Å². The minimum atomic E-state index is -0.225. The Kier molecular flexibility index (Phi) is 4.46. The number of benzene rings is 1. The third kappa shape index (κ3) is 2.78. The van der Waals surface area contributed by atoms with Gasteiger partial charge in [-0.15, -0.1) is 0 Å². The lowest BCUT2D eigenvalue weighted by Gasteiger charge is -2.39. The highest BCUT2D eigenvalue weighted by Gasteiger charge is 2.27. The lowest BCUT2D eigenvalue weighted by atomic mass is 9.93. The number of hydrogen-bond acceptors (Lipinski definition) is 2. The van der Waals surface area contributed by atoms with Crippen molar-refractivity contribution in [3.8, 4) is 0 Å². The van der Waals surface area contributed by atoms with Gasteiger partial charge in [0.25, 0.3) is 0 Å². The van der Waals surface area contributed by atoms with E-state index in [4.69, 9.17) is 11.6 Å². The van der Waals surface area contributed by atoms with Gasteiger partial charge >= 0.3 is 0 Å². The Balaban J connectivity index is 2.13. The molecule has 2 rings (SSSR count). The zero-order valence-electron chi connectivity index (χ0n) is 10.9. The molecule has 0 saturated carbocycles. The fourth-order valence-corrected chi connectivity index (χ4v) is 2.99. The van der Waals surface area contributed by atoms with Crippen molar-refractivity contribution in [3.05, 3.63) is 29.0 Å². The summed E-state index contributed by atoms with van der Waals surface area (Å²) in [6.45, 7) is 7.00. The van der Waals surface area contributed by atoms with E-state index in [1.54, 1.807) is 12.1 Å². The van der Waals surface area contributed by atoms with Crippen molar-refractivity contribution in [3.63, 3.8) is 0 Å². The Bertz CT molecular complexity index is 391. The molecule has 1 aromatic rings. The zero-order chi connectivity index (χ0) is 13.1. The quantitative estimate of drug-likeness (QED) is 0.907. The van der Waals surface area contributed by atoms with Crippen molar-refractivity contribution in [1.82, 2.24) is 5.32 Å². The Labute approximate surface area is 113 Å². The Morgan fingerprint density at radius 3 is 2.89 bits per heavy atom. The minimum absolute atomic E-state index is 0.225. The molecule has 1 aliphatic heterocycles. The topological polar surface area (TPSA) is 15.3 Å². The number of nitrogens with one attached hydrogen (secondary N) is 1. The SMILES string of the molecule is CCNC1CCN(c2c(F)cccc2Cl)CC1C. The standard InChI is InChI=1S/C14H20ClFN2/c1-3-17-13-7-8-18(9-10(13)2)14-11(15)5-4-6-12(14)16/h4-6,10,13,17H,3,7-9H2,1-2H3. The molecule has 2 atom stereocenters.